The quantitative estimate of drug-likeness (QED) is 0.166. The number of carbonyl (C=O) groups excluding carboxylic acids is 4. The number of thioether (sulfide) groups is 2. The number of amides is 2. The Morgan fingerprint density at radius 2 is 1.16 bits per heavy atom. The van der Waals surface area contributed by atoms with Gasteiger partial charge in [-0.25, -0.2) is 0 Å². The molecule has 2 aliphatic heterocycles. The molecule has 0 unspecified atom stereocenters. The first-order valence-corrected chi connectivity index (χ1v) is 12.9. The van der Waals surface area contributed by atoms with Crippen LogP contribution >= 0.6 is 48.0 Å². The Hall–Kier alpha value is -1.50. The molecule has 0 N–H and O–H groups in total. The highest BCUT2D eigenvalue weighted by Crippen LogP contribution is 2.42. The minimum atomic E-state index is -0.430. The first-order chi connectivity index (χ1) is 15.3. The third-order valence-corrected chi connectivity index (χ3v) is 7.53. The predicted octanol–water partition coefficient (Wildman–Crippen LogP) is 3.39. The van der Waals surface area contributed by atoms with Gasteiger partial charge in [0.25, 0.3) is 11.8 Å². The van der Waals surface area contributed by atoms with E-state index < -0.39 is 23.8 Å². The van der Waals surface area contributed by atoms with Gasteiger partial charge in [0, 0.05) is 13.1 Å². The van der Waals surface area contributed by atoms with Gasteiger partial charge in [-0.15, -0.1) is 0 Å². The lowest BCUT2D eigenvalue weighted by molar-refractivity contribution is -0.145. The van der Waals surface area contributed by atoms with Gasteiger partial charge in [0.1, 0.15) is 8.64 Å². The van der Waals surface area contributed by atoms with Crippen molar-refractivity contribution >= 4 is 80.4 Å². The molecule has 2 rings (SSSR count). The van der Waals surface area contributed by atoms with Crippen LogP contribution < -0.4 is 0 Å². The van der Waals surface area contributed by atoms with Crippen molar-refractivity contribution in [2.75, 3.05) is 26.3 Å². The summed E-state index contributed by atoms with van der Waals surface area (Å²) >= 11 is 12.6. The zero-order valence-corrected chi connectivity index (χ0v) is 21.3. The normalized spacial score (nSPS) is 18.7. The van der Waals surface area contributed by atoms with Crippen LogP contribution in [0.2, 0.25) is 0 Å². The summed E-state index contributed by atoms with van der Waals surface area (Å²) in [6, 6.07) is 0. The number of hydrogen-bond acceptors (Lipinski definition) is 10. The van der Waals surface area contributed by atoms with E-state index in [-0.39, 0.29) is 44.4 Å². The first kappa shape index (κ1) is 26.7. The summed E-state index contributed by atoms with van der Waals surface area (Å²) < 4.78 is 10.8. The van der Waals surface area contributed by atoms with Crippen molar-refractivity contribution in [1.82, 2.24) is 9.80 Å². The molecular formula is C20H26N2O6S4. The van der Waals surface area contributed by atoms with Crippen LogP contribution in [0.3, 0.4) is 0 Å². The summed E-state index contributed by atoms with van der Waals surface area (Å²) in [7, 11) is 0. The summed E-state index contributed by atoms with van der Waals surface area (Å²) in [4.78, 5) is 52.4. The topological polar surface area (TPSA) is 93.2 Å². The third-order valence-electron chi connectivity index (χ3n) is 4.51. The lowest BCUT2D eigenvalue weighted by atomic mass is 10.3. The summed E-state index contributed by atoms with van der Waals surface area (Å²) in [6.07, 6.45) is 3.44. The van der Waals surface area contributed by atoms with Crippen molar-refractivity contribution in [1.29, 1.82) is 0 Å². The van der Waals surface area contributed by atoms with Gasteiger partial charge in [-0.05, 0) is 12.8 Å². The van der Waals surface area contributed by atoms with Crippen molar-refractivity contribution in [3.63, 3.8) is 0 Å². The number of carbonyl (C=O) groups is 4. The Balaban J connectivity index is 1.96. The fourth-order valence-corrected chi connectivity index (χ4v) is 5.44. The number of ether oxygens (including phenoxy) is 2. The lowest BCUT2D eigenvalue weighted by Gasteiger charge is -2.14. The number of esters is 2. The first-order valence-electron chi connectivity index (χ1n) is 10.4. The van der Waals surface area contributed by atoms with Crippen LogP contribution in [0.4, 0.5) is 0 Å². The molecule has 32 heavy (non-hydrogen) atoms. The summed E-state index contributed by atoms with van der Waals surface area (Å²) in [5.41, 5.74) is 0. The Bertz CT molecular complexity index is 763. The minimum absolute atomic E-state index is 0.0184. The zero-order chi connectivity index (χ0) is 23.7. The maximum atomic E-state index is 12.9. The van der Waals surface area contributed by atoms with Gasteiger partial charge in [0.15, 0.2) is 0 Å². The Kier molecular flexibility index (Phi) is 11.1. The van der Waals surface area contributed by atoms with Gasteiger partial charge >= 0.3 is 11.9 Å². The van der Waals surface area contributed by atoms with Gasteiger partial charge in [-0.1, -0.05) is 74.6 Å². The molecule has 12 heteroatoms. The molecule has 0 spiro atoms. The SMILES string of the molecule is CCCCOC(=O)CCN1C(=O)/C(=C2/SC(=S)N(CCC(=O)OCCCC)C2=O)SC1=S. The standard InChI is InChI=1S/C20H26N2O6S4/c1-3-5-11-27-13(23)7-9-21-17(25)15(31-19(21)29)16-18(26)22(20(30)32-16)10-8-14(24)28-12-6-4-2/h3-12H2,1-2H3/b16-15-. The van der Waals surface area contributed by atoms with Crippen molar-refractivity contribution in [2.24, 2.45) is 0 Å². The number of nitrogens with zero attached hydrogens (tertiary/aromatic N) is 2. The van der Waals surface area contributed by atoms with Gasteiger partial charge in [-0.2, -0.15) is 0 Å². The number of unbranched alkanes of at least 4 members (excludes halogenated alkanes) is 2. The van der Waals surface area contributed by atoms with Gasteiger partial charge < -0.3 is 9.47 Å². The fourth-order valence-electron chi connectivity index (χ4n) is 2.67. The second-order valence-corrected chi connectivity index (χ2v) is 10.2. The van der Waals surface area contributed by atoms with Gasteiger partial charge in [0.2, 0.25) is 0 Å². The number of rotatable bonds is 12. The van der Waals surface area contributed by atoms with E-state index in [9.17, 15) is 19.2 Å². The van der Waals surface area contributed by atoms with E-state index in [2.05, 4.69) is 0 Å². The predicted molar refractivity (Wildman–Crippen MR) is 132 cm³/mol. The van der Waals surface area contributed by atoms with Crippen LogP contribution in [0.5, 0.6) is 0 Å². The molecular weight excluding hydrogens is 492 g/mol. The summed E-state index contributed by atoms with van der Waals surface area (Å²) in [6.45, 7) is 4.86. The highest BCUT2D eigenvalue weighted by Gasteiger charge is 2.42. The molecule has 0 aromatic heterocycles. The highest BCUT2D eigenvalue weighted by molar-refractivity contribution is 8.29. The second kappa shape index (κ2) is 13.3. The van der Waals surface area contributed by atoms with Crippen molar-refractivity contribution in [3.05, 3.63) is 9.81 Å². The Labute approximate surface area is 206 Å². The van der Waals surface area contributed by atoms with Crippen LogP contribution in [0, 0.1) is 0 Å². The van der Waals surface area contributed by atoms with E-state index in [4.69, 9.17) is 33.9 Å². The molecule has 0 saturated carbocycles. The van der Waals surface area contributed by atoms with Crippen molar-refractivity contribution in [3.8, 4) is 0 Å². The molecule has 2 amide bonds. The highest BCUT2D eigenvalue weighted by atomic mass is 32.2. The van der Waals surface area contributed by atoms with Crippen LogP contribution in [0.15, 0.2) is 9.81 Å². The molecule has 2 saturated heterocycles. The molecule has 2 heterocycles. The summed E-state index contributed by atoms with van der Waals surface area (Å²) in [5.74, 6) is -1.66. The average Bonchev–Trinajstić information content (AvgIpc) is 3.19. The molecule has 0 radical (unpaired) electrons. The van der Waals surface area contributed by atoms with E-state index in [0.29, 0.717) is 13.2 Å². The van der Waals surface area contributed by atoms with Gasteiger partial charge in [0.05, 0.1) is 35.9 Å². The maximum absolute atomic E-state index is 12.9. The smallest absolute Gasteiger partial charge is 0.307 e. The maximum Gasteiger partial charge on any atom is 0.307 e. The van der Waals surface area contributed by atoms with Gasteiger partial charge in [-0.3, -0.25) is 29.0 Å². The van der Waals surface area contributed by atoms with Crippen LogP contribution in [-0.4, -0.2) is 68.5 Å². The van der Waals surface area contributed by atoms with E-state index in [1.165, 1.54) is 9.80 Å². The monoisotopic (exact) mass is 518 g/mol. The third kappa shape index (κ3) is 7.26. The van der Waals surface area contributed by atoms with Crippen LogP contribution in [-0.2, 0) is 28.7 Å². The van der Waals surface area contributed by atoms with E-state index in [1.807, 2.05) is 13.8 Å². The second-order valence-electron chi connectivity index (χ2n) is 6.96. The molecule has 0 aromatic rings. The molecule has 0 atom stereocenters. The lowest BCUT2D eigenvalue weighted by Crippen LogP contribution is -2.32. The Morgan fingerprint density at radius 3 is 1.50 bits per heavy atom. The fraction of sp³-hybridized carbons (Fsp3) is 0.600. The average molecular weight is 519 g/mol. The summed E-state index contributed by atoms with van der Waals surface area (Å²) in [5, 5.41) is 0. The molecule has 176 valence electrons. The molecule has 2 fully saturated rings. The Morgan fingerprint density at radius 1 is 0.781 bits per heavy atom. The number of thiocarbonyl (C=S) groups is 2. The van der Waals surface area contributed by atoms with E-state index in [0.717, 1.165) is 49.2 Å². The van der Waals surface area contributed by atoms with Crippen molar-refractivity contribution < 1.29 is 28.7 Å². The minimum Gasteiger partial charge on any atom is -0.466 e. The van der Waals surface area contributed by atoms with Crippen LogP contribution in [0.25, 0.3) is 0 Å². The van der Waals surface area contributed by atoms with Crippen molar-refractivity contribution in [2.45, 2.75) is 52.4 Å². The number of hydrogen-bond donors (Lipinski definition) is 0. The largest absolute Gasteiger partial charge is 0.466 e. The molecule has 0 aromatic carbocycles. The molecule has 8 nitrogen and oxygen atoms in total. The van der Waals surface area contributed by atoms with Crippen LogP contribution in [0.1, 0.15) is 52.4 Å². The molecule has 0 bridgehead atoms. The van der Waals surface area contributed by atoms with E-state index >= 15 is 0 Å². The molecule has 2 aliphatic rings. The van der Waals surface area contributed by atoms with E-state index in [1.54, 1.807) is 0 Å². The molecule has 0 aliphatic carbocycles. The zero-order valence-electron chi connectivity index (χ0n) is 18.0.